The summed E-state index contributed by atoms with van der Waals surface area (Å²) in [4.78, 5) is 4.85. The third-order valence-electron chi connectivity index (χ3n) is 4.38. The van der Waals surface area contributed by atoms with Crippen molar-refractivity contribution in [2.24, 2.45) is 5.92 Å². The third-order valence-corrected chi connectivity index (χ3v) is 4.38. The van der Waals surface area contributed by atoms with Gasteiger partial charge in [-0.25, -0.2) is 0 Å². The molecule has 1 aromatic carbocycles. The summed E-state index contributed by atoms with van der Waals surface area (Å²) in [5.74, 6) is 2.43. The molecule has 0 amide bonds. The molecule has 2 aromatic rings. The number of rotatable bonds is 0. The van der Waals surface area contributed by atoms with Gasteiger partial charge in [-0.05, 0) is 49.3 Å². The third kappa shape index (κ3) is 1.61. The first-order valence-electron chi connectivity index (χ1n) is 6.94. The summed E-state index contributed by atoms with van der Waals surface area (Å²) in [6.07, 6.45) is 3.50. The second-order valence-electron chi connectivity index (χ2n) is 5.73. The van der Waals surface area contributed by atoms with Crippen LogP contribution in [-0.2, 0) is 12.8 Å². The minimum atomic E-state index is 0.321. The molecule has 0 fully saturated rings. The lowest BCUT2D eigenvalue weighted by Gasteiger charge is -2.23. The fraction of sp³-hybridized carbons (Fsp3) is 0.438. The zero-order chi connectivity index (χ0) is 13.0. The Morgan fingerprint density at radius 3 is 2.84 bits per heavy atom. The van der Waals surface area contributed by atoms with Crippen LogP contribution >= 0.6 is 0 Å². The monoisotopic (exact) mass is 255 g/mol. The van der Waals surface area contributed by atoms with Crippen molar-refractivity contribution in [3.8, 4) is 11.5 Å². The van der Waals surface area contributed by atoms with Crippen molar-refractivity contribution in [1.82, 2.24) is 4.98 Å². The van der Waals surface area contributed by atoms with E-state index in [1.165, 1.54) is 28.6 Å². The molecule has 0 N–H and O–H groups in total. The minimum absolute atomic E-state index is 0.321. The van der Waals surface area contributed by atoms with Crippen LogP contribution in [0.1, 0.15) is 30.2 Å². The Balaban J connectivity index is 1.99. The fourth-order valence-electron chi connectivity index (χ4n) is 3.23. The number of aryl methyl sites for hydroxylation is 2. The molecule has 0 saturated carbocycles. The molecule has 1 aliphatic carbocycles. The van der Waals surface area contributed by atoms with E-state index in [1.807, 2.05) is 6.07 Å². The minimum Gasteiger partial charge on any atom is -0.454 e. The highest BCUT2D eigenvalue weighted by Crippen LogP contribution is 2.39. The lowest BCUT2D eigenvalue weighted by Crippen LogP contribution is -2.14. The van der Waals surface area contributed by atoms with Gasteiger partial charge in [-0.2, -0.15) is 0 Å². The molecule has 19 heavy (non-hydrogen) atoms. The molecule has 0 unspecified atom stereocenters. The first-order chi connectivity index (χ1) is 9.22. The van der Waals surface area contributed by atoms with Gasteiger partial charge in [0.05, 0.1) is 5.52 Å². The number of fused-ring (bicyclic) bond motifs is 3. The summed E-state index contributed by atoms with van der Waals surface area (Å²) in [7, 11) is 0. The Bertz CT molecular complexity index is 678. The van der Waals surface area contributed by atoms with Gasteiger partial charge in [0.25, 0.3) is 0 Å². The Morgan fingerprint density at radius 2 is 2.00 bits per heavy atom. The highest BCUT2D eigenvalue weighted by Gasteiger charge is 2.22. The van der Waals surface area contributed by atoms with Crippen LogP contribution < -0.4 is 9.47 Å². The van der Waals surface area contributed by atoms with Gasteiger partial charge in [0, 0.05) is 17.1 Å². The normalized spacial score (nSPS) is 20.6. The number of aromatic nitrogens is 1. The van der Waals surface area contributed by atoms with Crippen LogP contribution in [0.5, 0.6) is 11.5 Å². The number of ether oxygens (including phenoxy) is 2. The van der Waals surface area contributed by atoms with Crippen molar-refractivity contribution in [1.29, 1.82) is 0 Å². The lowest BCUT2D eigenvalue weighted by atomic mass is 9.84. The van der Waals surface area contributed by atoms with Gasteiger partial charge in [-0.1, -0.05) is 6.92 Å². The van der Waals surface area contributed by atoms with Gasteiger partial charge < -0.3 is 9.47 Å². The first-order valence-corrected chi connectivity index (χ1v) is 6.94. The quantitative estimate of drug-likeness (QED) is 0.723. The average molecular weight is 255 g/mol. The summed E-state index contributed by atoms with van der Waals surface area (Å²) >= 11 is 0. The molecule has 3 heteroatoms. The maximum Gasteiger partial charge on any atom is 0.231 e. The van der Waals surface area contributed by atoms with Gasteiger partial charge in [-0.3, -0.25) is 4.98 Å². The molecule has 1 atom stereocenters. The van der Waals surface area contributed by atoms with E-state index in [4.69, 9.17) is 14.5 Å². The second-order valence-corrected chi connectivity index (χ2v) is 5.73. The molecule has 0 saturated heterocycles. The van der Waals surface area contributed by atoms with Crippen LogP contribution in [0.3, 0.4) is 0 Å². The summed E-state index contributed by atoms with van der Waals surface area (Å²) in [5.41, 5.74) is 5.13. The number of hydrogen-bond acceptors (Lipinski definition) is 3. The summed E-state index contributed by atoms with van der Waals surface area (Å²) in [6, 6.07) is 4.10. The first kappa shape index (κ1) is 11.1. The highest BCUT2D eigenvalue weighted by molar-refractivity contribution is 5.87. The van der Waals surface area contributed by atoms with Crippen molar-refractivity contribution in [3.63, 3.8) is 0 Å². The Kier molecular flexibility index (Phi) is 2.25. The molecular formula is C16H17NO2. The molecule has 4 rings (SSSR count). The van der Waals surface area contributed by atoms with Crippen molar-refractivity contribution >= 4 is 10.9 Å². The van der Waals surface area contributed by atoms with Gasteiger partial charge in [0.15, 0.2) is 11.5 Å². The smallest absolute Gasteiger partial charge is 0.231 e. The molecule has 3 nitrogen and oxygen atoms in total. The topological polar surface area (TPSA) is 31.4 Å². The van der Waals surface area contributed by atoms with Crippen LogP contribution in [0, 0.1) is 12.8 Å². The zero-order valence-electron chi connectivity index (χ0n) is 11.3. The Morgan fingerprint density at radius 1 is 1.21 bits per heavy atom. The molecule has 2 aliphatic rings. The van der Waals surface area contributed by atoms with Crippen LogP contribution in [0.25, 0.3) is 10.9 Å². The predicted octanol–water partition coefficient (Wildman–Crippen LogP) is 3.40. The summed E-state index contributed by atoms with van der Waals surface area (Å²) in [6.45, 7) is 4.86. The lowest BCUT2D eigenvalue weighted by molar-refractivity contribution is 0.174. The number of benzene rings is 1. The van der Waals surface area contributed by atoms with Crippen LogP contribution in [0.15, 0.2) is 12.1 Å². The molecule has 0 radical (unpaired) electrons. The van der Waals surface area contributed by atoms with E-state index >= 15 is 0 Å². The molecular weight excluding hydrogens is 238 g/mol. The van der Waals surface area contributed by atoms with E-state index in [-0.39, 0.29) is 0 Å². The standard InChI is InChI=1S/C16H17NO2/c1-9-3-4-13-11(5-9)10(2)12-6-15-16(19-8-18-15)7-14(12)17-13/h6-7,9H,3-5,8H2,1-2H3/t9-/m0/s1. The highest BCUT2D eigenvalue weighted by atomic mass is 16.7. The molecule has 2 heterocycles. The van der Waals surface area contributed by atoms with Crippen molar-refractivity contribution in [2.45, 2.75) is 33.1 Å². The van der Waals surface area contributed by atoms with E-state index in [1.54, 1.807) is 0 Å². The van der Waals surface area contributed by atoms with Crippen molar-refractivity contribution in [2.75, 3.05) is 6.79 Å². The summed E-state index contributed by atoms with van der Waals surface area (Å²) in [5, 5.41) is 1.21. The van der Waals surface area contributed by atoms with Gasteiger partial charge in [-0.15, -0.1) is 0 Å². The maximum absolute atomic E-state index is 5.48. The number of nitrogens with zero attached hydrogens (tertiary/aromatic N) is 1. The van der Waals surface area contributed by atoms with Gasteiger partial charge in [0.1, 0.15) is 0 Å². The largest absolute Gasteiger partial charge is 0.454 e. The fourth-order valence-corrected chi connectivity index (χ4v) is 3.23. The van der Waals surface area contributed by atoms with E-state index in [0.29, 0.717) is 6.79 Å². The predicted molar refractivity (Wildman–Crippen MR) is 73.8 cm³/mol. The summed E-state index contributed by atoms with van der Waals surface area (Å²) < 4.78 is 10.9. The molecule has 0 spiro atoms. The van der Waals surface area contributed by atoms with Gasteiger partial charge >= 0.3 is 0 Å². The van der Waals surface area contributed by atoms with Crippen LogP contribution in [0.4, 0.5) is 0 Å². The Labute approximate surface area is 112 Å². The van der Waals surface area contributed by atoms with E-state index in [2.05, 4.69) is 19.9 Å². The molecule has 1 aliphatic heterocycles. The Hall–Kier alpha value is -1.77. The van der Waals surface area contributed by atoms with E-state index in [0.717, 1.165) is 35.8 Å². The van der Waals surface area contributed by atoms with Crippen LogP contribution in [0.2, 0.25) is 0 Å². The van der Waals surface area contributed by atoms with Gasteiger partial charge in [0.2, 0.25) is 6.79 Å². The average Bonchev–Trinajstić information content (AvgIpc) is 2.85. The number of hydrogen-bond donors (Lipinski definition) is 0. The van der Waals surface area contributed by atoms with Crippen LogP contribution in [-0.4, -0.2) is 11.8 Å². The second kappa shape index (κ2) is 3.86. The maximum atomic E-state index is 5.48. The van der Waals surface area contributed by atoms with Crippen molar-refractivity contribution < 1.29 is 9.47 Å². The molecule has 0 bridgehead atoms. The van der Waals surface area contributed by atoms with E-state index < -0.39 is 0 Å². The number of pyridine rings is 1. The molecule has 98 valence electrons. The van der Waals surface area contributed by atoms with E-state index in [9.17, 15) is 0 Å². The zero-order valence-corrected chi connectivity index (χ0v) is 11.3. The molecule has 1 aromatic heterocycles. The SMILES string of the molecule is Cc1c2c(nc3cc4c(cc13)OCO4)CC[C@H](C)C2. The van der Waals surface area contributed by atoms with Crippen molar-refractivity contribution in [3.05, 3.63) is 29.0 Å².